The third kappa shape index (κ3) is 2.79. The van der Waals surface area contributed by atoms with Gasteiger partial charge in [-0.05, 0) is 63.4 Å². The highest BCUT2D eigenvalue weighted by Crippen LogP contribution is 2.33. The van der Waals surface area contributed by atoms with Crippen molar-refractivity contribution < 1.29 is 4.74 Å². The van der Waals surface area contributed by atoms with Gasteiger partial charge < -0.3 is 10.1 Å². The van der Waals surface area contributed by atoms with Gasteiger partial charge in [-0.25, -0.2) is 0 Å². The number of hydrogen-bond donors (Lipinski definition) is 1. The second-order valence-corrected chi connectivity index (χ2v) is 6.14. The van der Waals surface area contributed by atoms with E-state index in [1.165, 1.54) is 21.2 Å². The quantitative estimate of drug-likeness (QED) is 0.914. The van der Waals surface area contributed by atoms with E-state index in [1.54, 1.807) is 0 Å². The van der Waals surface area contributed by atoms with Gasteiger partial charge in [0.1, 0.15) is 0 Å². The molecule has 3 heteroatoms. The summed E-state index contributed by atoms with van der Waals surface area (Å²) < 4.78 is 7.20. The van der Waals surface area contributed by atoms with Crippen molar-refractivity contribution in [2.24, 2.45) is 0 Å². The first-order valence-corrected chi connectivity index (χ1v) is 7.41. The molecule has 0 radical (unpaired) electrons. The summed E-state index contributed by atoms with van der Waals surface area (Å²) in [7, 11) is 2.02. The minimum Gasteiger partial charge on any atom is -0.373 e. The lowest BCUT2D eigenvalue weighted by atomic mass is 9.94. The van der Waals surface area contributed by atoms with Crippen LogP contribution in [0, 0.1) is 13.8 Å². The molecule has 1 aromatic rings. The molecule has 0 amide bonds. The van der Waals surface area contributed by atoms with Crippen LogP contribution in [-0.2, 0) is 4.74 Å². The van der Waals surface area contributed by atoms with E-state index < -0.39 is 0 Å². The molecule has 2 nitrogen and oxygen atoms in total. The number of nitrogens with one attached hydrogen (secondary N) is 1. The Bertz CT molecular complexity index is 433. The van der Waals surface area contributed by atoms with Crippen molar-refractivity contribution in [2.45, 2.75) is 51.9 Å². The summed E-state index contributed by atoms with van der Waals surface area (Å²) in [6.45, 7) is 6.46. The summed E-state index contributed by atoms with van der Waals surface area (Å²) in [6.07, 6.45) is 2.99. The van der Waals surface area contributed by atoms with Gasteiger partial charge in [-0.2, -0.15) is 0 Å². The number of benzene rings is 1. The Balaban J connectivity index is 2.30. The van der Waals surface area contributed by atoms with E-state index in [1.807, 2.05) is 7.05 Å². The topological polar surface area (TPSA) is 21.3 Å². The van der Waals surface area contributed by atoms with Gasteiger partial charge in [-0.15, -0.1) is 0 Å². The number of ether oxygens (including phenoxy) is 1. The maximum Gasteiger partial charge on any atom is 0.0774 e. The molecular formula is C15H22BrNO. The molecule has 1 saturated heterocycles. The van der Waals surface area contributed by atoms with Crippen LogP contribution in [-0.4, -0.2) is 19.3 Å². The van der Waals surface area contributed by atoms with E-state index in [4.69, 9.17) is 4.74 Å². The normalized spacial score (nSPS) is 25.4. The van der Waals surface area contributed by atoms with Crippen LogP contribution in [0.4, 0.5) is 0 Å². The number of halogens is 1. The predicted octanol–water partition coefficient (Wildman–Crippen LogP) is 3.89. The van der Waals surface area contributed by atoms with E-state index in [2.05, 4.69) is 54.2 Å². The Morgan fingerprint density at radius 2 is 2.00 bits per heavy atom. The first-order chi connectivity index (χ1) is 8.52. The zero-order chi connectivity index (χ0) is 13.3. The van der Waals surface area contributed by atoms with Crippen molar-refractivity contribution in [3.05, 3.63) is 33.3 Å². The minimum absolute atomic E-state index is 0.293. The highest BCUT2D eigenvalue weighted by molar-refractivity contribution is 9.10. The van der Waals surface area contributed by atoms with Crippen LogP contribution >= 0.6 is 15.9 Å². The lowest BCUT2D eigenvalue weighted by Gasteiger charge is -2.26. The van der Waals surface area contributed by atoms with Crippen LogP contribution in [0.25, 0.3) is 0 Å². The molecule has 1 aliphatic heterocycles. The molecule has 0 aromatic heterocycles. The van der Waals surface area contributed by atoms with Crippen molar-refractivity contribution in [3.63, 3.8) is 0 Å². The second-order valence-electron chi connectivity index (χ2n) is 5.29. The van der Waals surface area contributed by atoms with E-state index in [9.17, 15) is 0 Å². The maximum atomic E-state index is 6.02. The highest BCUT2D eigenvalue weighted by atomic mass is 79.9. The molecule has 3 atom stereocenters. The Labute approximate surface area is 118 Å². The van der Waals surface area contributed by atoms with Gasteiger partial charge in [0.05, 0.1) is 18.2 Å². The molecule has 1 N–H and O–H groups in total. The molecule has 0 spiro atoms. The lowest BCUT2D eigenvalue weighted by molar-refractivity contribution is 0.0332. The van der Waals surface area contributed by atoms with Gasteiger partial charge in [-0.3, -0.25) is 0 Å². The van der Waals surface area contributed by atoms with Crippen LogP contribution in [0.3, 0.4) is 0 Å². The molecule has 1 heterocycles. The van der Waals surface area contributed by atoms with Crippen molar-refractivity contribution in [2.75, 3.05) is 7.05 Å². The first-order valence-electron chi connectivity index (χ1n) is 6.62. The summed E-state index contributed by atoms with van der Waals surface area (Å²) in [5.74, 6) is 0. The van der Waals surface area contributed by atoms with Crippen LogP contribution in [0.2, 0.25) is 0 Å². The van der Waals surface area contributed by atoms with E-state index in [0.717, 1.165) is 12.8 Å². The fourth-order valence-electron chi connectivity index (χ4n) is 2.76. The number of rotatable bonds is 3. The van der Waals surface area contributed by atoms with E-state index in [-0.39, 0.29) is 0 Å². The first kappa shape index (κ1) is 14.0. The summed E-state index contributed by atoms with van der Waals surface area (Å²) in [4.78, 5) is 0. The van der Waals surface area contributed by atoms with Crippen LogP contribution in [0.1, 0.15) is 42.5 Å². The van der Waals surface area contributed by atoms with Gasteiger partial charge in [-0.1, -0.05) is 22.0 Å². The van der Waals surface area contributed by atoms with Crippen LogP contribution < -0.4 is 5.32 Å². The zero-order valence-electron chi connectivity index (χ0n) is 11.6. The van der Waals surface area contributed by atoms with Gasteiger partial charge in [0.15, 0.2) is 0 Å². The average Bonchev–Trinajstić information content (AvgIpc) is 2.73. The lowest BCUT2D eigenvalue weighted by Crippen LogP contribution is -2.30. The molecule has 100 valence electrons. The molecular weight excluding hydrogens is 290 g/mol. The Kier molecular flexibility index (Phi) is 4.46. The van der Waals surface area contributed by atoms with Crippen LogP contribution in [0.5, 0.6) is 0 Å². The van der Waals surface area contributed by atoms with Crippen molar-refractivity contribution in [3.8, 4) is 0 Å². The molecule has 1 aromatic carbocycles. The van der Waals surface area contributed by atoms with Crippen molar-refractivity contribution >= 4 is 15.9 Å². The monoisotopic (exact) mass is 311 g/mol. The molecule has 0 bridgehead atoms. The third-order valence-electron chi connectivity index (χ3n) is 3.83. The zero-order valence-corrected chi connectivity index (χ0v) is 13.2. The number of likely N-dealkylation sites (N-methyl/N-ethyl adjacent to an activating group) is 1. The molecule has 0 aliphatic carbocycles. The highest BCUT2D eigenvalue weighted by Gasteiger charge is 2.30. The summed E-state index contributed by atoms with van der Waals surface area (Å²) in [5, 5.41) is 3.43. The molecule has 1 fully saturated rings. The van der Waals surface area contributed by atoms with Crippen molar-refractivity contribution in [1.29, 1.82) is 0 Å². The maximum absolute atomic E-state index is 6.02. The van der Waals surface area contributed by atoms with Gasteiger partial charge in [0, 0.05) is 4.47 Å². The fourth-order valence-corrected chi connectivity index (χ4v) is 3.22. The van der Waals surface area contributed by atoms with Gasteiger partial charge in [0.2, 0.25) is 0 Å². The van der Waals surface area contributed by atoms with Gasteiger partial charge >= 0.3 is 0 Å². The number of hydrogen-bond acceptors (Lipinski definition) is 2. The molecule has 3 unspecified atom stereocenters. The third-order valence-corrected chi connectivity index (χ3v) is 4.68. The average molecular weight is 312 g/mol. The van der Waals surface area contributed by atoms with Crippen LogP contribution in [0.15, 0.2) is 16.6 Å². The molecule has 18 heavy (non-hydrogen) atoms. The standard InChI is InChI=1S/C15H22BrNO/c1-9-8-13(16)10(2)7-12(9)15(17-4)14-6-5-11(3)18-14/h7-8,11,14-15,17H,5-6H2,1-4H3. The Morgan fingerprint density at radius 3 is 2.56 bits per heavy atom. The predicted molar refractivity (Wildman–Crippen MR) is 79.0 cm³/mol. The SMILES string of the molecule is CNC(c1cc(C)c(Br)cc1C)C1CCC(C)O1. The van der Waals surface area contributed by atoms with E-state index in [0.29, 0.717) is 18.2 Å². The summed E-state index contributed by atoms with van der Waals surface area (Å²) in [5.41, 5.74) is 3.95. The Hall–Kier alpha value is -0.380. The fraction of sp³-hybridized carbons (Fsp3) is 0.600. The summed E-state index contributed by atoms with van der Waals surface area (Å²) in [6, 6.07) is 4.77. The summed E-state index contributed by atoms with van der Waals surface area (Å²) >= 11 is 3.59. The van der Waals surface area contributed by atoms with Crippen molar-refractivity contribution in [1.82, 2.24) is 5.32 Å². The largest absolute Gasteiger partial charge is 0.373 e. The molecule has 0 saturated carbocycles. The Morgan fingerprint density at radius 1 is 1.28 bits per heavy atom. The molecule has 1 aliphatic rings. The van der Waals surface area contributed by atoms with Gasteiger partial charge in [0.25, 0.3) is 0 Å². The van der Waals surface area contributed by atoms with E-state index >= 15 is 0 Å². The minimum atomic E-state index is 0.293. The smallest absolute Gasteiger partial charge is 0.0774 e. The molecule has 2 rings (SSSR count). The number of aryl methyl sites for hydroxylation is 2. The second kappa shape index (κ2) is 5.72.